The van der Waals surface area contributed by atoms with E-state index in [9.17, 15) is 18.3 Å². The van der Waals surface area contributed by atoms with Crippen molar-refractivity contribution in [3.63, 3.8) is 0 Å². The Morgan fingerprint density at radius 1 is 1.18 bits per heavy atom. The highest BCUT2D eigenvalue weighted by Crippen LogP contribution is 2.28. The minimum atomic E-state index is -3.87. The second-order valence-electron chi connectivity index (χ2n) is 6.91. The molecule has 0 bridgehead atoms. The van der Waals surface area contributed by atoms with E-state index < -0.39 is 15.6 Å². The van der Waals surface area contributed by atoms with Gasteiger partial charge in [0.25, 0.3) is 0 Å². The Kier molecular flexibility index (Phi) is 5.29. The third-order valence-electron chi connectivity index (χ3n) is 4.35. The summed E-state index contributed by atoms with van der Waals surface area (Å²) in [5.41, 5.74) is 0.0706. The maximum atomic E-state index is 12.7. The van der Waals surface area contributed by atoms with Gasteiger partial charge in [-0.2, -0.15) is 0 Å². The van der Waals surface area contributed by atoms with E-state index in [2.05, 4.69) is 10.0 Å². The quantitative estimate of drug-likeness (QED) is 0.587. The monoisotopic (exact) mass is 402 g/mol. The van der Waals surface area contributed by atoms with Gasteiger partial charge in [0.05, 0.1) is 4.90 Å². The lowest BCUT2D eigenvalue weighted by atomic mass is 10.0. The molecule has 8 heteroatoms. The summed E-state index contributed by atoms with van der Waals surface area (Å²) in [6, 6.07) is 13.5. The molecule has 0 aliphatic heterocycles. The van der Waals surface area contributed by atoms with Crippen molar-refractivity contribution in [2.75, 3.05) is 11.9 Å². The van der Waals surface area contributed by atoms with Crippen LogP contribution in [-0.2, 0) is 20.4 Å². The van der Waals surface area contributed by atoms with E-state index in [0.717, 1.165) is 5.39 Å². The molecule has 7 nitrogen and oxygen atoms in total. The third kappa shape index (κ3) is 4.24. The Morgan fingerprint density at radius 3 is 2.54 bits per heavy atom. The number of carbonyl (C=O) groups excluding carboxylic acids is 1. The molecule has 3 rings (SSSR count). The van der Waals surface area contributed by atoms with Gasteiger partial charge in [-0.1, -0.05) is 18.2 Å². The molecule has 3 N–H and O–H groups in total. The number of rotatable bonds is 6. The third-order valence-corrected chi connectivity index (χ3v) is 5.91. The van der Waals surface area contributed by atoms with Gasteiger partial charge in [-0.3, -0.25) is 4.79 Å². The molecule has 0 radical (unpaired) electrons. The van der Waals surface area contributed by atoms with Gasteiger partial charge in [0, 0.05) is 24.5 Å². The summed E-state index contributed by atoms with van der Waals surface area (Å²) in [6.07, 6.45) is 0. The fraction of sp³-hybridized carbons (Fsp3) is 0.250. The van der Waals surface area contributed by atoms with E-state index in [1.807, 2.05) is 18.2 Å². The molecule has 1 aromatic heterocycles. The van der Waals surface area contributed by atoms with E-state index >= 15 is 0 Å². The maximum Gasteiger partial charge on any atom is 0.240 e. The van der Waals surface area contributed by atoms with Crippen LogP contribution in [0.15, 0.2) is 57.8 Å². The van der Waals surface area contributed by atoms with Crippen molar-refractivity contribution in [2.45, 2.75) is 31.3 Å². The lowest BCUT2D eigenvalue weighted by molar-refractivity contribution is -0.114. The number of aryl methyl sites for hydroxylation is 1. The summed E-state index contributed by atoms with van der Waals surface area (Å²) in [4.78, 5) is 11.2. The predicted molar refractivity (Wildman–Crippen MR) is 106 cm³/mol. The minimum absolute atomic E-state index is 0.0713. The number of anilines is 1. The zero-order valence-electron chi connectivity index (χ0n) is 15.8. The first kappa shape index (κ1) is 20.1. The molecular weight excluding hydrogens is 380 g/mol. The van der Waals surface area contributed by atoms with Crippen LogP contribution in [0.5, 0.6) is 0 Å². The molecular formula is C20H22N2O5S. The Labute approximate surface area is 163 Å². The first-order valence-electron chi connectivity index (χ1n) is 8.68. The number of hydrogen-bond acceptors (Lipinski definition) is 5. The number of hydrogen-bond donors (Lipinski definition) is 3. The average Bonchev–Trinajstić information content (AvgIpc) is 3.05. The lowest BCUT2D eigenvalue weighted by Gasteiger charge is -2.21. The van der Waals surface area contributed by atoms with E-state index in [-0.39, 0.29) is 23.1 Å². The fourth-order valence-corrected chi connectivity index (χ4v) is 4.24. The van der Waals surface area contributed by atoms with Crippen molar-refractivity contribution < 1.29 is 22.7 Å². The Morgan fingerprint density at radius 2 is 1.89 bits per heavy atom. The molecule has 1 heterocycles. The lowest BCUT2D eigenvalue weighted by Crippen LogP contribution is -2.38. The van der Waals surface area contributed by atoms with Crippen LogP contribution >= 0.6 is 0 Å². The van der Waals surface area contributed by atoms with Crippen LogP contribution in [0.1, 0.15) is 25.2 Å². The molecule has 148 valence electrons. The van der Waals surface area contributed by atoms with Crippen molar-refractivity contribution in [1.82, 2.24) is 4.72 Å². The van der Waals surface area contributed by atoms with Crippen molar-refractivity contribution in [3.8, 4) is 0 Å². The van der Waals surface area contributed by atoms with Crippen LogP contribution in [0.3, 0.4) is 0 Å². The molecule has 1 unspecified atom stereocenters. The van der Waals surface area contributed by atoms with Crippen molar-refractivity contribution in [1.29, 1.82) is 0 Å². The molecule has 2 aromatic carbocycles. The molecule has 3 aromatic rings. The fourth-order valence-electron chi connectivity index (χ4n) is 2.88. The van der Waals surface area contributed by atoms with Crippen LogP contribution in [0.2, 0.25) is 0 Å². The van der Waals surface area contributed by atoms with Crippen LogP contribution in [0.25, 0.3) is 11.0 Å². The first-order chi connectivity index (χ1) is 13.1. The molecule has 28 heavy (non-hydrogen) atoms. The Hall–Kier alpha value is -2.68. The summed E-state index contributed by atoms with van der Waals surface area (Å²) in [5, 5.41) is 14.2. The second kappa shape index (κ2) is 7.38. The predicted octanol–water partition coefficient (Wildman–Crippen LogP) is 2.89. The van der Waals surface area contributed by atoms with Crippen molar-refractivity contribution >= 4 is 32.6 Å². The highest BCUT2D eigenvalue weighted by Gasteiger charge is 2.30. The number of amides is 1. The van der Waals surface area contributed by atoms with Crippen molar-refractivity contribution in [3.05, 3.63) is 59.9 Å². The summed E-state index contributed by atoms with van der Waals surface area (Å²) >= 11 is 0. The van der Waals surface area contributed by atoms with Crippen LogP contribution in [0.4, 0.5) is 5.69 Å². The van der Waals surface area contributed by atoms with Gasteiger partial charge in [-0.25, -0.2) is 13.1 Å². The van der Waals surface area contributed by atoms with Crippen LogP contribution < -0.4 is 10.0 Å². The van der Waals surface area contributed by atoms with Crippen LogP contribution in [-0.4, -0.2) is 26.0 Å². The molecule has 1 atom stereocenters. The smallest absolute Gasteiger partial charge is 0.240 e. The second-order valence-corrected chi connectivity index (χ2v) is 8.64. The average molecular weight is 402 g/mol. The van der Waals surface area contributed by atoms with Gasteiger partial charge in [0.1, 0.15) is 16.9 Å². The maximum absolute atomic E-state index is 12.7. The van der Waals surface area contributed by atoms with E-state index in [0.29, 0.717) is 16.8 Å². The minimum Gasteiger partial charge on any atom is -0.458 e. The number of benzene rings is 2. The van der Waals surface area contributed by atoms with Gasteiger partial charge in [-0.05, 0) is 49.7 Å². The van der Waals surface area contributed by atoms with Gasteiger partial charge in [-0.15, -0.1) is 0 Å². The molecule has 0 saturated carbocycles. The highest BCUT2D eigenvalue weighted by atomic mass is 32.2. The molecule has 0 saturated heterocycles. The number of aliphatic hydroxyl groups is 1. The van der Waals surface area contributed by atoms with Gasteiger partial charge < -0.3 is 14.8 Å². The van der Waals surface area contributed by atoms with Crippen molar-refractivity contribution in [2.24, 2.45) is 0 Å². The molecule has 0 aliphatic carbocycles. The van der Waals surface area contributed by atoms with Gasteiger partial charge in [0.15, 0.2) is 0 Å². The number of nitrogens with one attached hydrogen (secondary N) is 2. The first-order valence-corrected chi connectivity index (χ1v) is 10.2. The number of sulfonamides is 1. The normalized spacial score (nSPS) is 14.0. The molecule has 1 amide bonds. The van der Waals surface area contributed by atoms with E-state index in [4.69, 9.17) is 4.42 Å². The Bertz CT molecular complexity index is 1100. The summed E-state index contributed by atoms with van der Waals surface area (Å²) < 4.78 is 33.5. The topological polar surface area (TPSA) is 109 Å². The SMILES string of the molecule is CC(=O)Nc1ccc(S(=O)(=O)NCC(C)(O)c2cc3ccccc3o2)c(C)c1. The largest absolute Gasteiger partial charge is 0.458 e. The zero-order chi connectivity index (χ0) is 20.5. The number of fused-ring (bicyclic) bond motifs is 1. The summed E-state index contributed by atoms with van der Waals surface area (Å²) in [7, 11) is -3.87. The van der Waals surface area contributed by atoms with Crippen LogP contribution in [0, 0.1) is 6.92 Å². The van der Waals surface area contributed by atoms with E-state index in [1.54, 1.807) is 25.1 Å². The summed E-state index contributed by atoms with van der Waals surface area (Å²) in [5.74, 6) is 0.0316. The highest BCUT2D eigenvalue weighted by molar-refractivity contribution is 7.89. The number of carbonyl (C=O) groups is 1. The summed E-state index contributed by atoms with van der Waals surface area (Å²) in [6.45, 7) is 4.24. The van der Waals surface area contributed by atoms with Gasteiger partial charge in [0.2, 0.25) is 15.9 Å². The van der Waals surface area contributed by atoms with Gasteiger partial charge >= 0.3 is 0 Å². The molecule has 0 aliphatic rings. The zero-order valence-corrected chi connectivity index (χ0v) is 16.6. The molecule has 0 fully saturated rings. The molecule has 0 spiro atoms. The number of para-hydroxylation sites is 1. The van der Waals surface area contributed by atoms with E-state index in [1.165, 1.54) is 26.0 Å². The standard InChI is InChI=1S/C20H22N2O5S/c1-13-10-16(22-14(2)23)8-9-18(13)28(25,26)21-12-20(3,24)19-11-15-6-4-5-7-17(15)27-19/h4-11,21,24H,12H2,1-3H3,(H,22,23). The number of furan rings is 1. The Balaban J connectivity index is 1.79.